The molecule has 5 nitrogen and oxygen atoms in total. The molecule has 2 aliphatic rings. The number of allylic oxidation sites excluding steroid dienone is 2. The molecule has 29 heavy (non-hydrogen) atoms. The van der Waals surface area contributed by atoms with E-state index in [-0.39, 0.29) is 36.8 Å². The maximum atomic E-state index is 14.4. The molecule has 3 N–H and O–H groups in total. The van der Waals surface area contributed by atoms with Gasteiger partial charge in [0.05, 0.1) is 12.5 Å². The van der Waals surface area contributed by atoms with Crippen molar-refractivity contribution in [2.24, 2.45) is 5.92 Å². The molecule has 0 aromatic heterocycles. The fraction of sp³-hybridized carbons (Fsp3) is 0.273. The zero-order valence-corrected chi connectivity index (χ0v) is 15.5. The highest BCUT2D eigenvalue weighted by molar-refractivity contribution is 5.95. The predicted molar refractivity (Wildman–Crippen MR) is 104 cm³/mol. The molecule has 1 aliphatic carbocycles. The van der Waals surface area contributed by atoms with Crippen molar-refractivity contribution in [2.75, 3.05) is 11.9 Å². The number of aliphatic carboxylic acids is 1. The van der Waals surface area contributed by atoms with Gasteiger partial charge in [0.1, 0.15) is 11.6 Å². The van der Waals surface area contributed by atoms with Gasteiger partial charge in [-0.15, -0.1) is 0 Å². The van der Waals surface area contributed by atoms with Crippen molar-refractivity contribution < 1.29 is 23.5 Å². The standard InChI is InChI=1S/C22H20F2N2O3/c23-13-5-6-16(18(24)11-13)21-15-3-1-2-14(15)17-10-12(4-7-19(17)26-21)22(29)25-9-8-20(27)28/h1-2,4-7,10-11,14-15,21,26H,3,8-9H2,(H,25,29)(H,27,28)/t14-,15-,21+/m1/s1. The second-order valence-corrected chi connectivity index (χ2v) is 7.34. The van der Waals surface area contributed by atoms with Crippen LogP contribution in [0.4, 0.5) is 14.5 Å². The summed E-state index contributed by atoms with van der Waals surface area (Å²) >= 11 is 0. The molecule has 0 saturated carbocycles. The lowest BCUT2D eigenvalue weighted by atomic mass is 9.76. The Balaban J connectivity index is 1.61. The van der Waals surface area contributed by atoms with Crippen LogP contribution in [0.5, 0.6) is 0 Å². The van der Waals surface area contributed by atoms with E-state index >= 15 is 0 Å². The van der Waals surface area contributed by atoms with E-state index in [0.717, 1.165) is 23.7 Å². The average Bonchev–Trinajstić information content (AvgIpc) is 3.17. The number of carboxylic acids is 1. The number of amides is 1. The monoisotopic (exact) mass is 398 g/mol. The Bertz CT molecular complexity index is 1010. The largest absolute Gasteiger partial charge is 0.481 e. The first-order valence-electron chi connectivity index (χ1n) is 9.46. The second-order valence-electron chi connectivity index (χ2n) is 7.34. The number of anilines is 1. The number of carboxylic acid groups (broad SMARTS) is 1. The van der Waals surface area contributed by atoms with Crippen molar-refractivity contribution in [3.63, 3.8) is 0 Å². The van der Waals surface area contributed by atoms with E-state index in [0.29, 0.717) is 11.1 Å². The third-order valence-electron chi connectivity index (χ3n) is 5.55. The van der Waals surface area contributed by atoms with Gasteiger partial charge in [-0.05, 0) is 42.2 Å². The number of rotatable bonds is 5. The summed E-state index contributed by atoms with van der Waals surface area (Å²) in [6.45, 7) is 0.0569. The Kier molecular flexibility index (Phi) is 5.05. The van der Waals surface area contributed by atoms with Crippen molar-refractivity contribution in [3.05, 3.63) is 76.9 Å². The van der Waals surface area contributed by atoms with Crippen LogP contribution in [0.25, 0.3) is 0 Å². The topological polar surface area (TPSA) is 78.4 Å². The number of hydrogen-bond acceptors (Lipinski definition) is 3. The molecule has 1 amide bonds. The predicted octanol–water partition coefficient (Wildman–Crippen LogP) is 4.00. The van der Waals surface area contributed by atoms with Gasteiger partial charge in [0.2, 0.25) is 0 Å². The lowest BCUT2D eigenvalue weighted by Crippen LogP contribution is -2.31. The summed E-state index contributed by atoms with van der Waals surface area (Å²) in [5.74, 6) is -2.44. The van der Waals surface area contributed by atoms with Crippen molar-refractivity contribution in [3.8, 4) is 0 Å². The first kappa shape index (κ1) is 19.1. The highest BCUT2D eigenvalue weighted by Gasteiger charge is 2.39. The maximum Gasteiger partial charge on any atom is 0.305 e. The molecular formula is C22H20F2N2O3. The van der Waals surface area contributed by atoms with Gasteiger partial charge in [-0.3, -0.25) is 9.59 Å². The molecule has 2 aromatic carbocycles. The third-order valence-corrected chi connectivity index (χ3v) is 5.55. The first-order chi connectivity index (χ1) is 13.9. The molecule has 1 aliphatic heterocycles. The van der Waals surface area contributed by atoms with Crippen molar-refractivity contribution in [2.45, 2.75) is 24.8 Å². The Morgan fingerprint density at radius 3 is 2.72 bits per heavy atom. The van der Waals surface area contributed by atoms with Gasteiger partial charge in [-0.1, -0.05) is 18.2 Å². The molecule has 0 bridgehead atoms. The minimum absolute atomic E-state index is 0.00692. The van der Waals surface area contributed by atoms with Crippen LogP contribution in [0.2, 0.25) is 0 Å². The summed E-state index contributed by atoms with van der Waals surface area (Å²) in [6.07, 6.45) is 4.70. The van der Waals surface area contributed by atoms with Crippen molar-refractivity contribution in [1.29, 1.82) is 0 Å². The molecule has 2 aromatic rings. The Labute approximate surface area is 166 Å². The smallest absolute Gasteiger partial charge is 0.305 e. The molecule has 0 fully saturated rings. The highest BCUT2D eigenvalue weighted by atomic mass is 19.1. The molecule has 0 unspecified atom stereocenters. The Morgan fingerprint density at radius 1 is 1.14 bits per heavy atom. The second kappa shape index (κ2) is 7.66. The van der Waals surface area contributed by atoms with Crippen LogP contribution in [0.15, 0.2) is 48.6 Å². The summed E-state index contributed by atoms with van der Waals surface area (Å²) in [7, 11) is 0. The Hall–Kier alpha value is -3.22. The number of nitrogens with one attached hydrogen (secondary N) is 2. The zero-order chi connectivity index (χ0) is 20.5. The summed E-state index contributed by atoms with van der Waals surface area (Å²) in [4.78, 5) is 22.9. The minimum atomic E-state index is -0.974. The van der Waals surface area contributed by atoms with Gasteiger partial charge in [-0.2, -0.15) is 0 Å². The van der Waals surface area contributed by atoms with Gasteiger partial charge in [0.25, 0.3) is 5.91 Å². The number of carbonyl (C=O) groups is 2. The van der Waals surface area contributed by atoms with E-state index in [1.54, 1.807) is 18.2 Å². The van der Waals surface area contributed by atoms with Crippen LogP contribution in [-0.4, -0.2) is 23.5 Å². The zero-order valence-electron chi connectivity index (χ0n) is 15.5. The van der Waals surface area contributed by atoms with Crippen molar-refractivity contribution >= 4 is 17.6 Å². The third kappa shape index (κ3) is 3.72. The van der Waals surface area contributed by atoms with Crippen LogP contribution < -0.4 is 10.6 Å². The van der Waals surface area contributed by atoms with Gasteiger partial charge in [-0.25, -0.2) is 8.78 Å². The number of hydrogen-bond donors (Lipinski definition) is 3. The fourth-order valence-electron chi connectivity index (χ4n) is 4.18. The Morgan fingerprint density at radius 2 is 1.97 bits per heavy atom. The number of fused-ring (bicyclic) bond motifs is 3. The quantitative estimate of drug-likeness (QED) is 0.666. The minimum Gasteiger partial charge on any atom is -0.481 e. The van der Waals surface area contributed by atoms with Crippen LogP contribution in [-0.2, 0) is 4.79 Å². The normalized spacial score (nSPS) is 21.8. The van der Waals surface area contributed by atoms with E-state index in [1.807, 2.05) is 6.08 Å². The average molecular weight is 398 g/mol. The molecule has 7 heteroatoms. The molecular weight excluding hydrogens is 378 g/mol. The fourth-order valence-corrected chi connectivity index (χ4v) is 4.18. The number of benzene rings is 2. The summed E-state index contributed by atoms with van der Waals surface area (Å²) < 4.78 is 27.7. The molecule has 0 saturated heterocycles. The molecule has 3 atom stereocenters. The number of halogens is 2. The molecule has 0 radical (unpaired) electrons. The van der Waals surface area contributed by atoms with E-state index in [1.165, 1.54) is 12.1 Å². The molecule has 0 spiro atoms. The molecule has 4 rings (SSSR count). The summed E-state index contributed by atoms with van der Waals surface area (Å²) in [6, 6.07) is 8.55. The molecule has 150 valence electrons. The van der Waals surface area contributed by atoms with Crippen LogP contribution in [0.1, 0.15) is 46.3 Å². The first-order valence-corrected chi connectivity index (χ1v) is 9.46. The lowest BCUT2D eigenvalue weighted by molar-refractivity contribution is -0.136. The van der Waals surface area contributed by atoms with E-state index in [2.05, 4.69) is 16.7 Å². The van der Waals surface area contributed by atoms with Gasteiger partial charge in [0.15, 0.2) is 0 Å². The van der Waals surface area contributed by atoms with Crippen molar-refractivity contribution in [1.82, 2.24) is 5.32 Å². The van der Waals surface area contributed by atoms with Crippen LogP contribution >= 0.6 is 0 Å². The maximum absolute atomic E-state index is 14.4. The van der Waals surface area contributed by atoms with E-state index < -0.39 is 17.6 Å². The lowest BCUT2D eigenvalue weighted by Gasteiger charge is -2.37. The van der Waals surface area contributed by atoms with Gasteiger partial charge in [0, 0.05) is 35.3 Å². The summed E-state index contributed by atoms with van der Waals surface area (Å²) in [5, 5.41) is 14.7. The van der Waals surface area contributed by atoms with Crippen LogP contribution in [0.3, 0.4) is 0 Å². The van der Waals surface area contributed by atoms with Gasteiger partial charge >= 0.3 is 5.97 Å². The van der Waals surface area contributed by atoms with Crippen LogP contribution in [0, 0.1) is 17.6 Å². The van der Waals surface area contributed by atoms with E-state index in [9.17, 15) is 18.4 Å². The van der Waals surface area contributed by atoms with Gasteiger partial charge < -0.3 is 15.7 Å². The summed E-state index contributed by atoms with van der Waals surface area (Å²) in [5.41, 5.74) is 2.61. The van der Waals surface area contributed by atoms with E-state index in [4.69, 9.17) is 5.11 Å². The SMILES string of the molecule is O=C(O)CCNC(=O)c1ccc2c(c1)[C@@H]1C=CC[C@H]1[C@@H](c1ccc(F)cc1F)N2. The number of carbonyl (C=O) groups excluding carboxylic acids is 1. The highest BCUT2D eigenvalue weighted by Crippen LogP contribution is 2.50. The molecule has 1 heterocycles.